The Hall–Kier alpha value is -0.730. The predicted molar refractivity (Wildman–Crippen MR) is 50.0 cm³/mol. The van der Waals surface area contributed by atoms with Crippen molar-refractivity contribution in [1.29, 1.82) is 0 Å². The molecule has 0 aliphatic carbocycles. The molecule has 0 unspecified atom stereocenters. The van der Waals surface area contributed by atoms with Crippen LogP contribution in [0.5, 0.6) is 0 Å². The van der Waals surface area contributed by atoms with Gasteiger partial charge in [-0.05, 0) is 20.8 Å². The summed E-state index contributed by atoms with van der Waals surface area (Å²) in [7, 11) is 2.04. The average Bonchev–Trinajstić information content (AvgIpc) is 2.03. The third-order valence-electron chi connectivity index (χ3n) is 1.48. The molecular formula is C8H19N3. The van der Waals surface area contributed by atoms with E-state index < -0.39 is 0 Å². The van der Waals surface area contributed by atoms with Crippen LogP contribution < -0.4 is 5.32 Å². The molecule has 0 rings (SSSR count). The molecule has 3 nitrogen and oxygen atoms in total. The zero-order valence-corrected chi connectivity index (χ0v) is 8.02. The maximum Gasteiger partial charge on any atom is 0.193 e. The highest BCUT2D eigenvalue weighted by atomic mass is 15.3. The number of hydrogen-bond acceptors (Lipinski definition) is 1. The first kappa shape index (κ1) is 10.3. The van der Waals surface area contributed by atoms with E-state index in [-0.39, 0.29) is 0 Å². The number of guanidine groups is 1. The second-order valence-corrected chi connectivity index (χ2v) is 2.34. The molecule has 0 spiro atoms. The maximum absolute atomic E-state index is 4.32. The third-order valence-corrected chi connectivity index (χ3v) is 1.48. The summed E-state index contributed by atoms with van der Waals surface area (Å²) in [4.78, 5) is 6.42. The van der Waals surface area contributed by atoms with Crippen LogP contribution >= 0.6 is 0 Å². The van der Waals surface area contributed by atoms with E-state index in [1.807, 2.05) is 14.0 Å². The Balaban J connectivity index is 3.97. The fourth-order valence-electron chi connectivity index (χ4n) is 0.769. The molecule has 0 amide bonds. The summed E-state index contributed by atoms with van der Waals surface area (Å²) in [6.45, 7) is 9.00. The minimum atomic E-state index is 0.840. The smallest absolute Gasteiger partial charge is 0.193 e. The predicted octanol–water partition coefficient (Wildman–Crippen LogP) is 0.923. The molecule has 0 atom stereocenters. The first-order valence-corrected chi connectivity index (χ1v) is 4.25. The second kappa shape index (κ2) is 6.01. The molecule has 0 aromatic carbocycles. The standard InChI is InChI=1S/C8H19N3/c1-5-9-8(10-6-2)11(4)7-3/h5-7H2,1-4H3,(H,9,10). The first-order chi connectivity index (χ1) is 5.26. The largest absolute Gasteiger partial charge is 0.357 e. The fraction of sp³-hybridized carbons (Fsp3) is 0.875. The van der Waals surface area contributed by atoms with Crippen molar-refractivity contribution in [1.82, 2.24) is 10.2 Å². The van der Waals surface area contributed by atoms with E-state index in [0.29, 0.717) is 0 Å². The summed E-state index contributed by atoms with van der Waals surface area (Å²) in [6, 6.07) is 0. The minimum absolute atomic E-state index is 0.840. The number of nitrogens with zero attached hydrogens (tertiary/aromatic N) is 2. The zero-order chi connectivity index (χ0) is 8.69. The lowest BCUT2D eigenvalue weighted by molar-refractivity contribution is 0.509. The van der Waals surface area contributed by atoms with Crippen LogP contribution in [0.4, 0.5) is 0 Å². The van der Waals surface area contributed by atoms with Gasteiger partial charge in [0.2, 0.25) is 0 Å². The van der Waals surface area contributed by atoms with Crippen molar-refractivity contribution in [3.63, 3.8) is 0 Å². The molecule has 0 fully saturated rings. The van der Waals surface area contributed by atoms with E-state index in [1.165, 1.54) is 0 Å². The Labute approximate surface area is 69.5 Å². The van der Waals surface area contributed by atoms with E-state index in [0.717, 1.165) is 25.6 Å². The Morgan fingerprint density at radius 1 is 1.36 bits per heavy atom. The highest BCUT2D eigenvalue weighted by molar-refractivity contribution is 5.79. The molecule has 0 saturated heterocycles. The van der Waals surface area contributed by atoms with Gasteiger partial charge in [0.25, 0.3) is 0 Å². The molecule has 0 aliphatic rings. The van der Waals surface area contributed by atoms with E-state index >= 15 is 0 Å². The Morgan fingerprint density at radius 2 is 2.00 bits per heavy atom. The van der Waals surface area contributed by atoms with Gasteiger partial charge >= 0.3 is 0 Å². The minimum Gasteiger partial charge on any atom is -0.357 e. The molecule has 1 N–H and O–H groups in total. The molecule has 0 aromatic heterocycles. The van der Waals surface area contributed by atoms with Crippen molar-refractivity contribution in [2.75, 3.05) is 26.7 Å². The first-order valence-electron chi connectivity index (χ1n) is 4.25. The molecule has 0 aliphatic heterocycles. The van der Waals surface area contributed by atoms with Crippen molar-refractivity contribution in [3.05, 3.63) is 0 Å². The third kappa shape index (κ3) is 3.86. The van der Waals surface area contributed by atoms with Crippen LogP contribution in [0.3, 0.4) is 0 Å². The molecule has 3 heteroatoms. The quantitative estimate of drug-likeness (QED) is 0.487. The topological polar surface area (TPSA) is 27.6 Å². The molecule has 0 saturated carbocycles. The molecule has 11 heavy (non-hydrogen) atoms. The number of hydrogen-bond donors (Lipinski definition) is 1. The van der Waals surface area contributed by atoms with E-state index in [9.17, 15) is 0 Å². The Morgan fingerprint density at radius 3 is 2.36 bits per heavy atom. The van der Waals surface area contributed by atoms with E-state index in [4.69, 9.17) is 0 Å². The van der Waals surface area contributed by atoms with Crippen LogP contribution in [0.15, 0.2) is 4.99 Å². The summed E-state index contributed by atoms with van der Waals surface area (Å²) in [6.07, 6.45) is 0. The Kier molecular flexibility index (Phi) is 5.61. The van der Waals surface area contributed by atoms with Gasteiger partial charge < -0.3 is 10.2 Å². The van der Waals surface area contributed by atoms with E-state index in [1.54, 1.807) is 0 Å². The average molecular weight is 157 g/mol. The van der Waals surface area contributed by atoms with Gasteiger partial charge in [-0.25, -0.2) is 0 Å². The lowest BCUT2D eigenvalue weighted by Crippen LogP contribution is -2.38. The Bertz CT molecular complexity index is 121. The van der Waals surface area contributed by atoms with Gasteiger partial charge in [-0.3, -0.25) is 4.99 Å². The summed E-state index contributed by atoms with van der Waals surface area (Å²) in [5, 5.41) is 3.21. The monoisotopic (exact) mass is 157 g/mol. The molecule has 66 valence electrons. The van der Waals surface area contributed by atoms with Gasteiger partial charge in [0, 0.05) is 26.7 Å². The van der Waals surface area contributed by atoms with Gasteiger partial charge in [-0.2, -0.15) is 0 Å². The molecule has 0 radical (unpaired) electrons. The lowest BCUT2D eigenvalue weighted by Gasteiger charge is -2.19. The van der Waals surface area contributed by atoms with Crippen LogP contribution in [-0.4, -0.2) is 37.5 Å². The highest BCUT2D eigenvalue weighted by Crippen LogP contribution is 1.84. The number of aliphatic imine (C=N–C) groups is 1. The second-order valence-electron chi connectivity index (χ2n) is 2.34. The van der Waals surface area contributed by atoms with E-state index in [2.05, 4.69) is 29.1 Å². The van der Waals surface area contributed by atoms with Gasteiger partial charge in [0.05, 0.1) is 0 Å². The van der Waals surface area contributed by atoms with Crippen molar-refractivity contribution >= 4 is 5.96 Å². The number of nitrogens with one attached hydrogen (secondary N) is 1. The molecule has 0 aromatic rings. The number of rotatable bonds is 3. The van der Waals surface area contributed by atoms with Gasteiger partial charge in [-0.1, -0.05) is 0 Å². The van der Waals surface area contributed by atoms with Gasteiger partial charge in [0.15, 0.2) is 5.96 Å². The maximum atomic E-state index is 4.32. The molecule has 0 heterocycles. The van der Waals surface area contributed by atoms with Crippen LogP contribution in [0.1, 0.15) is 20.8 Å². The summed E-state index contributed by atoms with van der Waals surface area (Å²) >= 11 is 0. The SMILES string of the molecule is CCN=C(NCC)N(C)CC. The fourth-order valence-corrected chi connectivity index (χ4v) is 0.769. The van der Waals surface area contributed by atoms with Crippen molar-refractivity contribution < 1.29 is 0 Å². The van der Waals surface area contributed by atoms with Gasteiger partial charge in [-0.15, -0.1) is 0 Å². The van der Waals surface area contributed by atoms with Crippen LogP contribution in [0, 0.1) is 0 Å². The van der Waals surface area contributed by atoms with Crippen LogP contribution in [-0.2, 0) is 0 Å². The zero-order valence-electron chi connectivity index (χ0n) is 8.02. The molecular weight excluding hydrogens is 138 g/mol. The normalized spacial score (nSPS) is 11.5. The van der Waals surface area contributed by atoms with Crippen molar-refractivity contribution in [2.45, 2.75) is 20.8 Å². The summed E-state index contributed by atoms with van der Waals surface area (Å²) in [5.41, 5.74) is 0. The lowest BCUT2D eigenvalue weighted by atomic mass is 10.6. The van der Waals surface area contributed by atoms with Gasteiger partial charge in [0.1, 0.15) is 0 Å². The summed E-state index contributed by atoms with van der Waals surface area (Å²) in [5.74, 6) is 0.998. The van der Waals surface area contributed by atoms with Crippen molar-refractivity contribution in [2.24, 2.45) is 4.99 Å². The molecule has 0 bridgehead atoms. The summed E-state index contributed by atoms with van der Waals surface area (Å²) < 4.78 is 0. The highest BCUT2D eigenvalue weighted by Gasteiger charge is 1.99. The van der Waals surface area contributed by atoms with Crippen LogP contribution in [0.2, 0.25) is 0 Å². The van der Waals surface area contributed by atoms with Crippen molar-refractivity contribution in [3.8, 4) is 0 Å². The van der Waals surface area contributed by atoms with Crippen LogP contribution in [0.25, 0.3) is 0 Å².